The maximum atomic E-state index is 4.41. The first-order chi connectivity index (χ1) is 10.2. The topological polar surface area (TPSA) is 17.3 Å². The number of aromatic nitrogens is 1. The SMILES string of the molecule is C=C/C=C\c1c(C)c(C=C)c(/C=C\C)n(C=C)/c1=N\C=C. The van der Waals surface area contributed by atoms with E-state index in [4.69, 9.17) is 0 Å². The van der Waals surface area contributed by atoms with Crippen LogP contribution in [0.3, 0.4) is 0 Å². The van der Waals surface area contributed by atoms with E-state index in [0.717, 1.165) is 27.9 Å². The Kier molecular flexibility index (Phi) is 6.15. The van der Waals surface area contributed by atoms with Crippen LogP contribution in [-0.2, 0) is 0 Å². The Hall–Kier alpha value is -2.61. The van der Waals surface area contributed by atoms with Crippen LogP contribution >= 0.6 is 0 Å². The average molecular weight is 278 g/mol. The zero-order valence-electron chi connectivity index (χ0n) is 12.8. The predicted octanol–water partition coefficient (Wildman–Crippen LogP) is 4.82. The van der Waals surface area contributed by atoms with Crippen LogP contribution in [0.1, 0.15) is 29.3 Å². The Balaban J connectivity index is 4.07. The van der Waals surface area contributed by atoms with Crippen molar-refractivity contribution in [2.45, 2.75) is 13.8 Å². The molecule has 0 radical (unpaired) electrons. The number of hydrogen-bond acceptors (Lipinski definition) is 1. The summed E-state index contributed by atoms with van der Waals surface area (Å²) in [4.78, 5) is 4.41. The summed E-state index contributed by atoms with van der Waals surface area (Å²) in [7, 11) is 0. The Labute approximate surface area is 127 Å². The predicted molar refractivity (Wildman–Crippen MR) is 95.3 cm³/mol. The molecule has 0 aromatic carbocycles. The lowest BCUT2D eigenvalue weighted by Gasteiger charge is -2.16. The highest BCUT2D eigenvalue weighted by Crippen LogP contribution is 2.20. The number of rotatable bonds is 6. The summed E-state index contributed by atoms with van der Waals surface area (Å²) in [6.45, 7) is 19.3. The highest BCUT2D eigenvalue weighted by atomic mass is 15.0. The minimum absolute atomic E-state index is 0.786. The van der Waals surface area contributed by atoms with Crippen LogP contribution in [-0.4, -0.2) is 4.57 Å². The second-order valence-corrected chi connectivity index (χ2v) is 4.32. The highest BCUT2D eigenvalue weighted by Gasteiger charge is 2.11. The van der Waals surface area contributed by atoms with Crippen molar-refractivity contribution >= 4 is 24.4 Å². The van der Waals surface area contributed by atoms with E-state index in [0.29, 0.717) is 0 Å². The van der Waals surface area contributed by atoms with Gasteiger partial charge in [-0.3, -0.25) is 0 Å². The molecule has 0 aliphatic heterocycles. The van der Waals surface area contributed by atoms with Crippen molar-refractivity contribution in [2.24, 2.45) is 4.99 Å². The number of hydrogen-bond donors (Lipinski definition) is 0. The van der Waals surface area contributed by atoms with Gasteiger partial charge in [-0.2, -0.15) is 0 Å². The van der Waals surface area contributed by atoms with Crippen LogP contribution in [0.5, 0.6) is 0 Å². The third-order valence-electron chi connectivity index (χ3n) is 3.14. The molecule has 2 heteroatoms. The van der Waals surface area contributed by atoms with E-state index in [2.05, 4.69) is 38.2 Å². The molecule has 1 rings (SSSR count). The lowest BCUT2D eigenvalue weighted by atomic mass is 10.0. The standard InChI is InChI=1S/C19H22N2/c1-7-12-14-17-15(6)16(9-3)18(13-8-2)21(11-5)19(17)20-10-4/h7-14H,1,3-5H2,2,6H3/b13-8-,14-12-,20-19-. The summed E-state index contributed by atoms with van der Waals surface area (Å²) in [5, 5.41) is 0. The molecule has 1 aromatic rings. The quantitative estimate of drug-likeness (QED) is 0.664. The molecule has 0 bridgehead atoms. The van der Waals surface area contributed by atoms with Crippen molar-refractivity contribution in [2.75, 3.05) is 0 Å². The summed E-state index contributed by atoms with van der Waals surface area (Å²) in [5.74, 6) is 0. The monoisotopic (exact) mass is 278 g/mol. The maximum absolute atomic E-state index is 4.41. The van der Waals surface area contributed by atoms with Crippen LogP contribution in [0.25, 0.3) is 24.4 Å². The first-order valence-corrected chi connectivity index (χ1v) is 6.76. The van der Waals surface area contributed by atoms with E-state index in [9.17, 15) is 0 Å². The largest absolute Gasteiger partial charge is 0.301 e. The van der Waals surface area contributed by atoms with Gasteiger partial charge in [0.25, 0.3) is 0 Å². The van der Waals surface area contributed by atoms with Gasteiger partial charge in [0.1, 0.15) is 5.49 Å². The summed E-state index contributed by atoms with van der Waals surface area (Å²) in [6, 6.07) is 0. The summed E-state index contributed by atoms with van der Waals surface area (Å²) >= 11 is 0. The van der Waals surface area contributed by atoms with Gasteiger partial charge in [0.05, 0.1) is 5.69 Å². The molecule has 21 heavy (non-hydrogen) atoms. The first kappa shape index (κ1) is 16.4. The fourth-order valence-electron chi connectivity index (χ4n) is 2.23. The smallest absolute Gasteiger partial charge is 0.144 e. The van der Waals surface area contributed by atoms with E-state index in [-0.39, 0.29) is 0 Å². The molecule has 0 amide bonds. The molecule has 0 N–H and O–H groups in total. The summed E-state index contributed by atoms with van der Waals surface area (Å²) in [6.07, 6.45) is 14.8. The first-order valence-electron chi connectivity index (χ1n) is 6.76. The van der Waals surface area contributed by atoms with Crippen molar-refractivity contribution in [3.8, 4) is 0 Å². The zero-order chi connectivity index (χ0) is 15.8. The second kappa shape index (κ2) is 7.85. The minimum atomic E-state index is 0.786. The fourth-order valence-corrected chi connectivity index (χ4v) is 2.23. The van der Waals surface area contributed by atoms with Crippen LogP contribution in [0.2, 0.25) is 0 Å². The molecular weight excluding hydrogens is 256 g/mol. The van der Waals surface area contributed by atoms with E-state index in [1.807, 2.05) is 41.9 Å². The molecule has 0 spiro atoms. The molecule has 0 fully saturated rings. The molecular formula is C19H22N2. The zero-order valence-corrected chi connectivity index (χ0v) is 12.8. The van der Waals surface area contributed by atoms with Gasteiger partial charge >= 0.3 is 0 Å². The molecule has 0 unspecified atom stereocenters. The molecule has 0 saturated heterocycles. The Morgan fingerprint density at radius 1 is 1.05 bits per heavy atom. The van der Waals surface area contributed by atoms with Crippen molar-refractivity contribution < 1.29 is 0 Å². The van der Waals surface area contributed by atoms with Gasteiger partial charge in [0, 0.05) is 23.5 Å². The highest BCUT2D eigenvalue weighted by molar-refractivity contribution is 5.71. The average Bonchev–Trinajstić information content (AvgIpc) is 2.48. The number of pyridine rings is 1. The lowest BCUT2D eigenvalue weighted by Crippen LogP contribution is -2.24. The molecule has 108 valence electrons. The van der Waals surface area contributed by atoms with E-state index >= 15 is 0 Å². The van der Waals surface area contributed by atoms with E-state index in [1.54, 1.807) is 12.3 Å². The van der Waals surface area contributed by atoms with Crippen LogP contribution < -0.4 is 5.49 Å². The van der Waals surface area contributed by atoms with Crippen molar-refractivity contribution in [1.82, 2.24) is 4.57 Å². The van der Waals surface area contributed by atoms with Crippen molar-refractivity contribution in [1.29, 1.82) is 0 Å². The second-order valence-electron chi connectivity index (χ2n) is 4.32. The minimum Gasteiger partial charge on any atom is -0.301 e. The van der Waals surface area contributed by atoms with Crippen LogP contribution in [0.4, 0.5) is 0 Å². The maximum Gasteiger partial charge on any atom is 0.144 e. The molecule has 0 aliphatic carbocycles. The van der Waals surface area contributed by atoms with Crippen LogP contribution in [0, 0.1) is 6.92 Å². The Morgan fingerprint density at radius 3 is 2.24 bits per heavy atom. The normalized spacial score (nSPS) is 12.0. The van der Waals surface area contributed by atoms with Gasteiger partial charge in [-0.25, -0.2) is 4.99 Å². The summed E-state index contributed by atoms with van der Waals surface area (Å²) < 4.78 is 1.94. The van der Waals surface area contributed by atoms with E-state index < -0.39 is 0 Å². The van der Waals surface area contributed by atoms with Gasteiger partial charge in [-0.05, 0) is 25.5 Å². The molecule has 1 aromatic heterocycles. The molecule has 2 nitrogen and oxygen atoms in total. The molecule has 0 saturated carbocycles. The van der Waals surface area contributed by atoms with Gasteiger partial charge in [0.15, 0.2) is 0 Å². The number of allylic oxidation sites excluding steroid dienone is 3. The molecule has 1 heterocycles. The third kappa shape index (κ3) is 3.29. The summed E-state index contributed by atoms with van der Waals surface area (Å²) in [5.41, 5.74) is 4.94. The van der Waals surface area contributed by atoms with Gasteiger partial charge in [-0.1, -0.05) is 56.7 Å². The Morgan fingerprint density at radius 2 is 1.76 bits per heavy atom. The Bertz CT molecular complexity index is 695. The molecule has 0 aliphatic rings. The fraction of sp³-hybridized carbons (Fsp3) is 0.105. The third-order valence-corrected chi connectivity index (χ3v) is 3.14. The van der Waals surface area contributed by atoms with Gasteiger partial charge in [0.2, 0.25) is 0 Å². The van der Waals surface area contributed by atoms with Gasteiger partial charge in [-0.15, -0.1) is 0 Å². The van der Waals surface area contributed by atoms with Gasteiger partial charge < -0.3 is 4.57 Å². The number of nitrogens with zero attached hydrogens (tertiary/aromatic N) is 2. The van der Waals surface area contributed by atoms with Crippen molar-refractivity contribution in [3.63, 3.8) is 0 Å². The van der Waals surface area contributed by atoms with Crippen LogP contribution in [0.15, 0.2) is 55.7 Å². The lowest BCUT2D eigenvalue weighted by molar-refractivity contribution is 0.972. The van der Waals surface area contributed by atoms with Crippen molar-refractivity contribution in [3.05, 3.63) is 78.6 Å². The van der Waals surface area contributed by atoms with E-state index in [1.165, 1.54) is 6.20 Å². The molecule has 0 atom stereocenters.